The number of fused-ring (bicyclic) bond motifs is 11. The summed E-state index contributed by atoms with van der Waals surface area (Å²) >= 11 is 0. The van der Waals surface area contributed by atoms with E-state index in [0.717, 1.165) is 33.3 Å². The van der Waals surface area contributed by atoms with Crippen molar-refractivity contribution in [1.82, 2.24) is 0 Å². The Morgan fingerprint density at radius 3 is 1.70 bits per heavy atom. The molecule has 3 aliphatic rings. The summed E-state index contributed by atoms with van der Waals surface area (Å²) in [6.07, 6.45) is 4.97. The van der Waals surface area contributed by atoms with Crippen LogP contribution in [-0.2, 0) is 10.8 Å². The molecular formula is C54H39NO. The molecule has 266 valence electrons. The molecule has 0 N–H and O–H groups in total. The summed E-state index contributed by atoms with van der Waals surface area (Å²) < 4.78 is 6.97. The Hall–Kier alpha value is -6.64. The second-order valence-corrected chi connectivity index (χ2v) is 15.9. The lowest BCUT2D eigenvalue weighted by Crippen LogP contribution is -2.28. The number of rotatable bonds is 5. The van der Waals surface area contributed by atoms with Gasteiger partial charge in [-0.3, -0.25) is 0 Å². The molecule has 2 nitrogen and oxygen atoms in total. The first kappa shape index (κ1) is 31.7. The van der Waals surface area contributed by atoms with E-state index in [-0.39, 0.29) is 5.41 Å². The molecule has 1 heterocycles. The van der Waals surface area contributed by atoms with Crippen LogP contribution in [0.15, 0.2) is 192 Å². The highest BCUT2D eigenvalue weighted by Gasteiger charge is 2.47. The molecule has 0 aliphatic heterocycles. The lowest BCUT2D eigenvalue weighted by atomic mass is 9.67. The van der Waals surface area contributed by atoms with Gasteiger partial charge < -0.3 is 9.32 Å². The zero-order valence-electron chi connectivity index (χ0n) is 31.1. The summed E-state index contributed by atoms with van der Waals surface area (Å²) in [5.74, 6) is 0. The van der Waals surface area contributed by atoms with Crippen LogP contribution in [-0.4, -0.2) is 0 Å². The number of hydrogen-bond donors (Lipinski definition) is 0. The summed E-state index contributed by atoms with van der Waals surface area (Å²) in [5.41, 5.74) is 18.2. The van der Waals surface area contributed by atoms with Gasteiger partial charge in [-0.25, -0.2) is 0 Å². The van der Waals surface area contributed by atoms with Gasteiger partial charge in [0.2, 0.25) is 0 Å². The Balaban J connectivity index is 1.05. The topological polar surface area (TPSA) is 16.4 Å². The number of hydrogen-bond acceptors (Lipinski definition) is 2. The van der Waals surface area contributed by atoms with Gasteiger partial charge in [0.15, 0.2) is 0 Å². The third-order valence-electron chi connectivity index (χ3n) is 13.3. The third kappa shape index (κ3) is 4.22. The summed E-state index contributed by atoms with van der Waals surface area (Å²) in [6.45, 7) is 0. The summed E-state index contributed by atoms with van der Waals surface area (Å²) in [4.78, 5) is 2.44. The van der Waals surface area contributed by atoms with Crippen molar-refractivity contribution in [3.05, 3.63) is 221 Å². The van der Waals surface area contributed by atoms with Gasteiger partial charge in [0, 0.05) is 39.2 Å². The van der Waals surface area contributed by atoms with Crippen molar-refractivity contribution in [3.63, 3.8) is 0 Å². The Labute approximate surface area is 327 Å². The normalized spacial score (nSPS) is 15.5. The first-order chi connectivity index (χ1) is 27.8. The van der Waals surface area contributed by atoms with Gasteiger partial charge in [0.1, 0.15) is 11.2 Å². The van der Waals surface area contributed by atoms with Crippen LogP contribution in [0.3, 0.4) is 0 Å². The monoisotopic (exact) mass is 717 g/mol. The van der Waals surface area contributed by atoms with E-state index in [4.69, 9.17) is 4.42 Å². The molecule has 8 aromatic carbocycles. The molecule has 1 spiro atoms. The summed E-state index contributed by atoms with van der Waals surface area (Å²) in [5, 5.41) is 2.25. The minimum absolute atomic E-state index is 0.0994. The van der Waals surface area contributed by atoms with E-state index in [0.29, 0.717) is 0 Å². The number of anilines is 3. The first-order valence-corrected chi connectivity index (χ1v) is 20.1. The van der Waals surface area contributed by atoms with Crippen LogP contribution in [0.1, 0.15) is 59.1 Å². The number of nitrogens with zero attached hydrogens (tertiary/aromatic N) is 1. The predicted molar refractivity (Wildman–Crippen MR) is 230 cm³/mol. The van der Waals surface area contributed by atoms with Crippen LogP contribution in [0.2, 0.25) is 0 Å². The van der Waals surface area contributed by atoms with E-state index in [2.05, 4.69) is 193 Å². The Morgan fingerprint density at radius 1 is 0.411 bits per heavy atom. The van der Waals surface area contributed by atoms with Gasteiger partial charge in [0.05, 0.1) is 11.1 Å². The molecule has 0 radical (unpaired) electrons. The van der Waals surface area contributed by atoms with Crippen molar-refractivity contribution in [2.24, 2.45) is 0 Å². The van der Waals surface area contributed by atoms with Crippen LogP contribution in [0.4, 0.5) is 17.1 Å². The minimum atomic E-state index is -0.475. The second kappa shape index (κ2) is 11.9. The Kier molecular flexibility index (Phi) is 6.75. The van der Waals surface area contributed by atoms with Gasteiger partial charge in [-0.1, -0.05) is 158 Å². The quantitative estimate of drug-likeness (QED) is 0.176. The van der Waals surface area contributed by atoms with Gasteiger partial charge in [-0.05, 0) is 99.3 Å². The molecule has 0 amide bonds. The van der Waals surface area contributed by atoms with Crippen LogP contribution < -0.4 is 4.90 Å². The molecule has 1 saturated carbocycles. The minimum Gasteiger partial charge on any atom is -0.456 e. The highest BCUT2D eigenvalue weighted by atomic mass is 16.3. The zero-order valence-corrected chi connectivity index (χ0v) is 31.1. The Bertz CT molecular complexity index is 2940. The molecule has 2 heteroatoms. The molecule has 0 atom stereocenters. The summed E-state index contributed by atoms with van der Waals surface area (Å²) in [6, 6.07) is 69.5. The van der Waals surface area contributed by atoms with Gasteiger partial charge in [-0.2, -0.15) is 0 Å². The van der Waals surface area contributed by atoms with Crippen molar-refractivity contribution in [3.8, 4) is 22.3 Å². The van der Waals surface area contributed by atoms with Crippen LogP contribution >= 0.6 is 0 Å². The predicted octanol–water partition coefficient (Wildman–Crippen LogP) is 14.3. The SMILES string of the molecule is c1ccc(N(c2ccc3c(c2)oc2cc(C4(c5ccccc5)c5ccccc5-c5ccccc54)ccc23)c2cccc3c2-c2ccccc2C32CCCC2)cc1. The van der Waals surface area contributed by atoms with Crippen LogP contribution in [0.25, 0.3) is 44.2 Å². The molecule has 0 unspecified atom stereocenters. The van der Waals surface area contributed by atoms with Gasteiger partial charge in [-0.15, -0.1) is 0 Å². The molecule has 3 aliphatic carbocycles. The van der Waals surface area contributed by atoms with E-state index < -0.39 is 5.41 Å². The number of benzene rings is 8. The van der Waals surface area contributed by atoms with E-state index in [9.17, 15) is 0 Å². The zero-order chi connectivity index (χ0) is 36.8. The fourth-order valence-corrected chi connectivity index (χ4v) is 11.0. The fraction of sp³-hybridized carbons (Fsp3) is 0.111. The molecule has 56 heavy (non-hydrogen) atoms. The standard InChI is InChI=1S/C54H39NO/c1-3-16-36(17-4-1)54(46-24-11-7-20-40(46)41-21-8-12-25-47(41)54)37-28-30-42-43-31-29-39(35-51(43)56-50(42)34-37)55(38-18-5-2-6-19-38)49-27-15-26-48-52(49)44-22-9-10-23-45(44)53(48)32-13-14-33-53/h1-12,15-31,34-35H,13-14,32-33H2. The largest absolute Gasteiger partial charge is 0.456 e. The molecule has 0 bridgehead atoms. The lowest BCUT2D eigenvalue weighted by Gasteiger charge is -2.33. The molecule has 12 rings (SSSR count). The molecule has 9 aromatic rings. The fourth-order valence-electron chi connectivity index (χ4n) is 11.0. The molecule has 0 saturated heterocycles. The highest BCUT2D eigenvalue weighted by molar-refractivity contribution is 6.07. The maximum absolute atomic E-state index is 6.97. The highest BCUT2D eigenvalue weighted by Crippen LogP contribution is 2.60. The average Bonchev–Trinajstić information content (AvgIpc) is 4.03. The number of furan rings is 1. The van der Waals surface area contributed by atoms with Crippen LogP contribution in [0, 0.1) is 0 Å². The van der Waals surface area contributed by atoms with Crippen LogP contribution in [0.5, 0.6) is 0 Å². The van der Waals surface area contributed by atoms with E-state index in [1.54, 1.807) is 0 Å². The maximum atomic E-state index is 6.97. The Morgan fingerprint density at radius 2 is 0.982 bits per heavy atom. The number of para-hydroxylation sites is 1. The van der Waals surface area contributed by atoms with Crippen molar-refractivity contribution < 1.29 is 4.42 Å². The average molecular weight is 718 g/mol. The molecular weight excluding hydrogens is 679 g/mol. The lowest BCUT2D eigenvalue weighted by molar-refractivity contribution is 0.550. The smallest absolute Gasteiger partial charge is 0.137 e. The van der Waals surface area contributed by atoms with Gasteiger partial charge >= 0.3 is 0 Å². The summed E-state index contributed by atoms with van der Waals surface area (Å²) in [7, 11) is 0. The molecule has 1 fully saturated rings. The van der Waals surface area contributed by atoms with Gasteiger partial charge in [0.25, 0.3) is 0 Å². The van der Waals surface area contributed by atoms with E-state index in [1.165, 1.54) is 87.0 Å². The second-order valence-electron chi connectivity index (χ2n) is 15.9. The van der Waals surface area contributed by atoms with Crippen molar-refractivity contribution >= 4 is 39.0 Å². The van der Waals surface area contributed by atoms with E-state index in [1.807, 2.05) is 0 Å². The van der Waals surface area contributed by atoms with Crippen molar-refractivity contribution in [2.75, 3.05) is 4.90 Å². The van der Waals surface area contributed by atoms with Crippen molar-refractivity contribution in [1.29, 1.82) is 0 Å². The molecule has 1 aromatic heterocycles. The van der Waals surface area contributed by atoms with Crippen molar-refractivity contribution in [2.45, 2.75) is 36.5 Å². The first-order valence-electron chi connectivity index (χ1n) is 20.1. The van der Waals surface area contributed by atoms with E-state index >= 15 is 0 Å². The third-order valence-corrected chi connectivity index (χ3v) is 13.3. The maximum Gasteiger partial charge on any atom is 0.137 e.